The van der Waals surface area contributed by atoms with Gasteiger partial charge in [0.05, 0.1) is 20.8 Å². The quantitative estimate of drug-likeness (QED) is 0.0736. The Balaban J connectivity index is 1.60. The molecule has 0 aromatic heterocycles. The van der Waals surface area contributed by atoms with E-state index in [0.717, 1.165) is 30.2 Å². The van der Waals surface area contributed by atoms with Crippen LogP contribution >= 0.6 is 0 Å². The molecule has 10 nitrogen and oxygen atoms in total. The van der Waals surface area contributed by atoms with Crippen molar-refractivity contribution >= 4 is 13.9 Å². The maximum atomic E-state index is 14.7. The van der Waals surface area contributed by atoms with Crippen molar-refractivity contribution in [3.05, 3.63) is 78.4 Å². The van der Waals surface area contributed by atoms with E-state index in [1.807, 2.05) is 48.5 Å². The standard InChI is InChI=1S/C41H58O10Si/c1-10-37-41(49-27-46-21-22-52(7,8)9,25-47-39(51-37)28-11-14-30(44-5)15-12-28)34-24-35(42)38(48-26-43-4)33-20-13-29(40(33,2)3)23-36(34)50-32-18-16-31(45-6)17-19-32/h10-12,14-19,23,33-34,36-39H,1,13,20-22,24-27H2,2-9H3/b29-23+/t33-,34-,36-,37-,38-,39+,41-/m1/s1. The molecule has 0 unspecified atom stereocenters. The fourth-order valence-electron chi connectivity index (χ4n) is 7.68. The predicted molar refractivity (Wildman–Crippen MR) is 201 cm³/mol. The van der Waals surface area contributed by atoms with Crippen LogP contribution in [0.25, 0.3) is 0 Å². The van der Waals surface area contributed by atoms with Crippen molar-refractivity contribution in [1.29, 1.82) is 0 Å². The molecule has 286 valence electrons. The Bertz CT molecular complexity index is 1500. The zero-order chi connectivity index (χ0) is 37.5. The molecule has 11 heteroatoms. The fourth-order valence-corrected chi connectivity index (χ4v) is 8.44. The largest absolute Gasteiger partial charge is 0.497 e. The number of methoxy groups -OCH3 is 3. The fraction of sp³-hybridized carbons (Fsp3) is 0.585. The van der Waals surface area contributed by atoms with Crippen LogP contribution in [-0.4, -0.2) is 85.9 Å². The Hall–Kier alpha value is -3.03. The second-order valence-electron chi connectivity index (χ2n) is 15.7. The molecule has 2 fully saturated rings. The van der Waals surface area contributed by atoms with E-state index in [1.54, 1.807) is 27.4 Å². The number of carbonyl (C=O) groups excluding carboxylic acids is 1. The number of fused-ring (bicyclic) bond motifs is 2. The summed E-state index contributed by atoms with van der Waals surface area (Å²) in [5, 5.41) is 0. The second kappa shape index (κ2) is 17.4. The summed E-state index contributed by atoms with van der Waals surface area (Å²) in [4.78, 5) is 14.7. The lowest BCUT2D eigenvalue weighted by Gasteiger charge is -2.50. The minimum Gasteiger partial charge on any atom is -0.497 e. The molecule has 5 rings (SSSR count). The Kier molecular flexibility index (Phi) is 13.4. The molecule has 1 saturated carbocycles. The normalized spacial score (nSPS) is 30.0. The van der Waals surface area contributed by atoms with E-state index in [0.29, 0.717) is 18.1 Å². The van der Waals surface area contributed by atoms with Gasteiger partial charge in [0, 0.05) is 45.6 Å². The minimum absolute atomic E-state index is 0.0100. The number of rotatable bonds is 16. The highest BCUT2D eigenvalue weighted by Crippen LogP contribution is 2.52. The number of allylic oxidation sites excluding steroid dienone is 1. The second-order valence-corrected chi connectivity index (χ2v) is 21.4. The van der Waals surface area contributed by atoms with E-state index in [4.69, 9.17) is 42.6 Å². The van der Waals surface area contributed by atoms with Crippen LogP contribution in [0, 0.1) is 17.3 Å². The lowest BCUT2D eigenvalue weighted by molar-refractivity contribution is -0.324. The molecule has 7 atom stereocenters. The van der Waals surface area contributed by atoms with Gasteiger partial charge in [-0.1, -0.05) is 57.3 Å². The molecule has 3 aliphatic rings. The molecule has 0 radical (unpaired) electrons. The summed E-state index contributed by atoms with van der Waals surface area (Å²) in [6.07, 6.45) is 2.89. The zero-order valence-corrected chi connectivity index (χ0v) is 33.2. The van der Waals surface area contributed by atoms with Crippen LogP contribution in [0.4, 0.5) is 0 Å². The number of benzene rings is 2. The van der Waals surface area contributed by atoms with Crippen molar-refractivity contribution < 1.29 is 47.4 Å². The molecule has 1 heterocycles. The number of hydrogen-bond acceptors (Lipinski definition) is 10. The third kappa shape index (κ3) is 9.18. The molecule has 52 heavy (non-hydrogen) atoms. The molecule has 2 bridgehead atoms. The predicted octanol–water partition coefficient (Wildman–Crippen LogP) is 7.76. The van der Waals surface area contributed by atoms with Gasteiger partial charge < -0.3 is 42.6 Å². The summed E-state index contributed by atoms with van der Waals surface area (Å²) in [5.41, 5.74) is 0.438. The molecule has 2 aromatic rings. The van der Waals surface area contributed by atoms with Gasteiger partial charge in [0.2, 0.25) is 0 Å². The van der Waals surface area contributed by atoms with Crippen LogP contribution in [0.2, 0.25) is 25.7 Å². The molecule has 0 N–H and O–H groups in total. The first-order chi connectivity index (χ1) is 24.8. The number of ketones is 1. The summed E-state index contributed by atoms with van der Waals surface area (Å²) >= 11 is 0. The van der Waals surface area contributed by atoms with Gasteiger partial charge in [-0.25, -0.2) is 0 Å². The topological polar surface area (TPSA) is 100 Å². The molecule has 1 saturated heterocycles. The third-order valence-electron chi connectivity index (χ3n) is 10.9. The highest BCUT2D eigenvalue weighted by Gasteiger charge is 2.57. The van der Waals surface area contributed by atoms with Gasteiger partial charge in [-0.15, -0.1) is 6.58 Å². The van der Waals surface area contributed by atoms with E-state index in [1.165, 1.54) is 5.57 Å². The summed E-state index contributed by atoms with van der Waals surface area (Å²) in [6, 6.07) is 16.0. The summed E-state index contributed by atoms with van der Waals surface area (Å²) < 4.78 is 55.6. The summed E-state index contributed by atoms with van der Waals surface area (Å²) in [5.74, 6) is 1.36. The van der Waals surface area contributed by atoms with Gasteiger partial charge in [-0.3, -0.25) is 4.79 Å². The van der Waals surface area contributed by atoms with E-state index >= 15 is 0 Å². The van der Waals surface area contributed by atoms with Gasteiger partial charge in [0.1, 0.15) is 54.7 Å². The van der Waals surface area contributed by atoms with Gasteiger partial charge >= 0.3 is 0 Å². The monoisotopic (exact) mass is 738 g/mol. The number of hydrogen-bond donors (Lipinski definition) is 0. The van der Waals surface area contributed by atoms with Crippen LogP contribution < -0.4 is 14.2 Å². The van der Waals surface area contributed by atoms with E-state index < -0.39 is 44.2 Å². The molecule has 2 aliphatic carbocycles. The van der Waals surface area contributed by atoms with Crippen molar-refractivity contribution in [2.45, 2.75) is 89.0 Å². The highest BCUT2D eigenvalue weighted by molar-refractivity contribution is 6.76. The summed E-state index contributed by atoms with van der Waals surface area (Å²) in [7, 11) is 3.47. The first-order valence-corrected chi connectivity index (χ1v) is 22.0. The minimum atomic E-state index is -1.36. The maximum absolute atomic E-state index is 14.7. The molecular weight excluding hydrogens is 681 g/mol. The molecule has 1 aliphatic heterocycles. The first kappa shape index (κ1) is 40.2. The average Bonchev–Trinajstić information content (AvgIpc) is 3.43. The molecule has 0 spiro atoms. The van der Waals surface area contributed by atoms with E-state index in [-0.39, 0.29) is 43.7 Å². The van der Waals surface area contributed by atoms with E-state index in [2.05, 4.69) is 46.1 Å². The van der Waals surface area contributed by atoms with Crippen molar-refractivity contribution in [2.24, 2.45) is 17.3 Å². The Morgan fingerprint density at radius 3 is 2.19 bits per heavy atom. The first-order valence-electron chi connectivity index (χ1n) is 18.3. The van der Waals surface area contributed by atoms with Crippen LogP contribution in [0.15, 0.2) is 72.8 Å². The average molecular weight is 739 g/mol. The Morgan fingerprint density at radius 2 is 1.58 bits per heavy atom. The van der Waals surface area contributed by atoms with Gasteiger partial charge in [-0.2, -0.15) is 0 Å². The van der Waals surface area contributed by atoms with Crippen LogP contribution in [-0.2, 0) is 33.2 Å². The van der Waals surface area contributed by atoms with Gasteiger partial charge in [0.25, 0.3) is 0 Å². The Labute approximate surface area is 310 Å². The van der Waals surface area contributed by atoms with Crippen LogP contribution in [0.3, 0.4) is 0 Å². The van der Waals surface area contributed by atoms with Gasteiger partial charge in [-0.05, 0) is 66.8 Å². The maximum Gasteiger partial charge on any atom is 0.184 e. The van der Waals surface area contributed by atoms with Crippen molar-refractivity contribution in [3.8, 4) is 17.2 Å². The van der Waals surface area contributed by atoms with Crippen molar-refractivity contribution in [2.75, 3.05) is 48.1 Å². The van der Waals surface area contributed by atoms with Crippen LogP contribution in [0.5, 0.6) is 17.2 Å². The van der Waals surface area contributed by atoms with Crippen LogP contribution in [0.1, 0.15) is 45.0 Å². The highest BCUT2D eigenvalue weighted by atomic mass is 28.3. The SMILES string of the molecule is C=C[C@H]1O[C@@H](c2ccc(OC)cc2)OC[C@@]1(OCOCC[Si](C)(C)C)[C@@H]1CC(=O)[C@H](OCOC)[C@H]2CC/C(=C\[C@H]1Oc1ccc(OC)cc1)C2(C)C. The summed E-state index contributed by atoms with van der Waals surface area (Å²) in [6.45, 7) is 16.2. The molecule has 2 aromatic carbocycles. The smallest absolute Gasteiger partial charge is 0.184 e. The third-order valence-corrected chi connectivity index (χ3v) is 12.6. The lowest BCUT2D eigenvalue weighted by atomic mass is 9.74. The van der Waals surface area contributed by atoms with E-state index in [9.17, 15) is 4.79 Å². The lowest BCUT2D eigenvalue weighted by Crippen LogP contribution is -2.62. The number of ether oxygens (including phenoxy) is 9. The zero-order valence-electron chi connectivity index (χ0n) is 32.2. The molecule has 0 amide bonds. The van der Waals surface area contributed by atoms with Crippen molar-refractivity contribution in [3.63, 3.8) is 0 Å². The van der Waals surface area contributed by atoms with Crippen molar-refractivity contribution in [1.82, 2.24) is 0 Å². The number of carbonyl (C=O) groups is 1. The van der Waals surface area contributed by atoms with Gasteiger partial charge in [0.15, 0.2) is 12.1 Å². The molecular formula is C41H58O10Si. The Morgan fingerprint density at radius 1 is 0.923 bits per heavy atom. The number of Topliss-reactive ketones (excluding diaryl/α,β-unsaturated/α-hetero) is 1.